The molecule has 94 valence electrons. The first kappa shape index (κ1) is 13.5. The molecule has 0 aliphatic rings. The summed E-state index contributed by atoms with van der Waals surface area (Å²) in [7, 11) is 0. The van der Waals surface area contributed by atoms with E-state index in [4.69, 9.17) is 5.84 Å². The first-order chi connectivity index (χ1) is 8.04. The number of anilines is 1. The van der Waals surface area contributed by atoms with Crippen molar-refractivity contribution in [1.29, 1.82) is 0 Å². The van der Waals surface area contributed by atoms with Gasteiger partial charge in [-0.05, 0) is 31.4 Å². The Hall–Kier alpha value is -1.55. The Morgan fingerprint density at radius 3 is 2.71 bits per heavy atom. The average Bonchev–Trinajstić information content (AvgIpc) is 2.29. The fourth-order valence-corrected chi connectivity index (χ4v) is 1.57. The van der Waals surface area contributed by atoms with E-state index in [9.17, 15) is 4.79 Å². The fourth-order valence-electron chi connectivity index (χ4n) is 1.57. The lowest BCUT2D eigenvalue weighted by Gasteiger charge is -2.12. The van der Waals surface area contributed by atoms with Gasteiger partial charge in [0.25, 0.3) is 5.91 Å². The highest BCUT2D eigenvalue weighted by Crippen LogP contribution is 2.17. The van der Waals surface area contributed by atoms with E-state index < -0.39 is 0 Å². The molecule has 4 heteroatoms. The summed E-state index contributed by atoms with van der Waals surface area (Å²) in [6.45, 7) is 7.14. The Labute approximate surface area is 103 Å². The summed E-state index contributed by atoms with van der Waals surface area (Å²) in [6, 6.07) is 5.73. The molecule has 0 bridgehead atoms. The fraction of sp³-hybridized carbons (Fsp3) is 0.462. The number of benzene rings is 1. The van der Waals surface area contributed by atoms with Crippen molar-refractivity contribution in [1.82, 2.24) is 5.43 Å². The third-order valence-electron chi connectivity index (χ3n) is 2.59. The van der Waals surface area contributed by atoms with Crippen LogP contribution in [-0.4, -0.2) is 12.5 Å². The van der Waals surface area contributed by atoms with Crippen LogP contribution in [0.25, 0.3) is 0 Å². The highest BCUT2D eigenvalue weighted by Gasteiger charge is 2.10. The Kier molecular flexibility index (Phi) is 4.97. The zero-order valence-corrected chi connectivity index (χ0v) is 10.7. The summed E-state index contributed by atoms with van der Waals surface area (Å²) in [5, 5.41) is 3.27. The molecule has 1 aromatic rings. The number of rotatable bonds is 5. The van der Waals surface area contributed by atoms with Crippen LogP contribution in [0.5, 0.6) is 0 Å². The van der Waals surface area contributed by atoms with Crippen LogP contribution >= 0.6 is 0 Å². The van der Waals surface area contributed by atoms with E-state index in [1.54, 1.807) is 0 Å². The maximum absolute atomic E-state index is 11.6. The van der Waals surface area contributed by atoms with Gasteiger partial charge in [0.1, 0.15) is 0 Å². The van der Waals surface area contributed by atoms with E-state index in [-0.39, 0.29) is 5.91 Å². The van der Waals surface area contributed by atoms with Gasteiger partial charge in [0.2, 0.25) is 0 Å². The van der Waals surface area contributed by atoms with Gasteiger partial charge in [-0.15, -0.1) is 0 Å². The molecular weight excluding hydrogens is 214 g/mol. The number of nitrogen functional groups attached to an aromatic ring is 1. The smallest absolute Gasteiger partial charge is 0.267 e. The van der Waals surface area contributed by atoms with Gasteiger partial charge in [0.15, 0.2) is 0 Å². The van der Waals surface area contributed by atoms with Crippen molar-refractivity contribution < 1.29 is 4.79 Å². The molecule has 17 heavy (non-hydrogen) atoms. The largest absolute Gasteiger partial charge is 0.384 e. The Morgan fingerprint density at radius 2 is 2.12 bits per heavy atom. The second kappa shape index (κ2) is 6.25. The summed E-state index contributed by atoms with van der Waals surface area (Å²) in [5.41, 5.74) is 4.64. The summed E-state index contributed by atoms with van der Waals surface area (Å²) >= 11 is 0. The lowest BCUT2D eigenvalue weighted by Crippen LogP contribution is -2.30. The number of aryl methyl sites for hydroxylation is 1. The van der Waals surface area contributed by atoms with Crippen molar-refractivity contribution in [2.24, 2.45) is 11.8 Å². The van der Waals surface area contributed by atoms with Gasteiger partial charge in [-0.2, -0.15) is 0 Å². The summed E-state index contributed by atoms with van der Waals surface area (Å²) in [4.78, 5) is 11.6. The minimum absolute atomic E-state index is 0.263. The SMILES string of the molecule is Cc1ccc(NCCC(C)C)c(C(=O)NN)c1. The molecule has 4 nitrogen and oxygen atoms in total. The number of amides is 1. The van der Waals surface area contributed by atoms with Gasteiger partial charge >= 0.3 is 0 Å². The predicted molar refractivity (Wildman–Crippen MR) is 70.8 cm³/mol. The quantitative estimate of drug-likeness (QED) is 0.416. The molecule has 0 aliphatic heterocycles. The molecule has 1 aromatic carbocycles. The van der Waals surface area contributed by atoms with Crippen LogP contribution in [0.2, 0.25) is 0 Å². The van der Waals surface area contributed by atoms with Crippen LogP contribution in [0.3, 0.4) is 0 Å². The molecule has 0 fully saturated rings. The number of nitrogens with one attached hydrogen (secondary N) is 2. The monoisotopic (exact) mass is 235 g/mol. The molecule has 0 atom stereocenters. The van der Waals surface area contributed by atoms with Gasteiger partial charge in [-0.1, -0.05) is 25.5 Å². The molecule has 0 spiro atoms. The number of hydrogen-bond acceptors (Lipinski definition) is 3. The Balaban J connectivity index is 2.79. The van der Waals surface area contributed by atoms with Crippen molar-refractivity contribution >= 4 is 11.6 Å². The molecular formula is C13H21N3O. The van der Waals surface area contributed by atoms with Crippen LogP contribution in [0.4, 0.5) is 5.69 Å². The molecule has 0 aliphatic carbocycles. The minimum Gasteiger partial charge on any atom is -0.384 e. The maximum atomic E-state index is 11.6. The zero-order chi connectivity index (χ0) is 12.8. The molecule has 1 amide bonds. The van der Waals surface area contributed by atoms with E-state index in [1.165, 1.54) is 0 Å². The molecule has 0 saturated carbocycles. The maximum Gasteiger partial charge on any atom is 0.267 e. The molecule has 0 heterocycles. The van der Waals surface area contributed by atoms with Gasteiger partial charge in [0.05, 0.1) is 5.56 Å². The number of carbonyl (C=O) groups is 1. The van der Waals surface area contributed by atoms with Gasteiger partial charge in [-0.25, -0.2) is 5.84 Å². The lowest BCUT2D eigenvalue weighted by molar-refractivity contribution is 0.0954. The van der Waals surface area contributed by atoms with Crippen molar-refractivity contribution in [3.05, 3.63) is 29.3 Å². The normalized spacial score (nSPS) is 10.4. The Bertz CT molecular complexity index is 388. The van der Waals surface area contributed by atoms with Crippen LogP contribution in [0.15, 0.2) is 18.2 Å². The molecule has 0 saturated heterocycles. The van der Waals surface area contributed by atoms with Gasteiger partial charge < -0.3 is 5.32 Å². The van der Waals surface area contributed by atoms with Crippen molar-refractivity contribution in [3.8, 4) is 0 Å². The van der Waals surface area contributed by atoms with E-state index in [0.717, 1.165) is 24.2 Å². The van der Waals surface area contributed by atoms with Gasteiger partial charge in [-0.3, -0.25) is 10.2 Å². The number of nitrogens with two attached hydrogens (primary N) is 1. The third-order valence-corrected chi connectivity index (χ3v) is 2.59. The topological polar surface area (TPSA) is 67.2 Å². The van der Waals surface area contributed by atoms with Crippen molar-refractivity contribution in [3.63, 3.8) is 0 Å². The molecule has 0 radical (unpaired) electrons. The van der Waals surface area contributed by atoms with E-state index in [1.807, 2.05) is 25.1 Å². The van der Waals surface area contributed by atoms with Crippen LogP contribution in [-0.2, 0) is 0 Å². The van der Waals surface area contributed by atoms with Crippen LogP contribution in [0.1, 0.15) is 36.2 Å². The lowest BCUT2D eigenvalue weighted by atomic mass is 10.1. The van der Waals surface area contributed by atoms with E-state index in [2.05, 4.69) is 24.6 Å². The number of hydrogen-bond donors (Lipinski definition) is 3. The molecule has 0 unspecified atom stereocenters. The highest BCUT2D eigenvalue weighted by atomic mass is 16.2. The number of hydrazine groups is 1. The van der Waals surface area contributed by atoms with E-state index >= 15 is 0 Å². The summed E-state index contributed by atoms with van der Waals surface area (Å²) in [5.74, 6) is 5.55. The Morgan fingerprint density at radius 1 is 1.41 bits per heavy atom. The zero-order valence-electron chi connectivity index (χ0n) is 10.7. The number of carbonyl (C=O) groups excluding carboxylic acids is 1. The van der Waals surface area contributed by atoms with Crippen LogP contribution < -0.4 is 16.6 Å². The van der Waals surface area contributed by atoms with Gasteiger partial charge in [0, 0.05) is 12.2 Å². The van der Waals surface area contributed by atoms with Crippen molar-refractivity contribution in [2.75, 3.05) is 11.9 Å². The highest BCUT2D eigenvalue weighted by molar-refractivity contribution is 5.99. The summed E-state index contributed by atoms with van der Waals surface area (Å²) in [6.07, 6.45) is 1.07. The minimum atomic E-state index is -0.263. The first-order valence-corrected chi connectivity index (χ1v) is 5.90. The second-order valence-corrected chi connectivity index (χ2v) is 4.63. The first-order valence-electron chi connectivity index (χ1n) is 5.90. The van der Waals surface area contributed by atoms with Crippen LogP contribution in [0, 0.1) is 12.8 Å². The van der Waals surface area contributed by atoms with E-state index in [0.29, 0.717) is 11.5 Å². The average molecular weight is 235 g/mol. The molecule has 1 rings (SSSR count). The second-order valence-electron chi connectivity index (χ2n) is 4.63. The summed E-state index contributed by atoms with van der Waals surface area (Å²) < 4.78 is 0. The molecule has 4 N–H and O–H groups in total. The molecule has 0 aromatic heterocycles. The predicted octanol–water partition coefficient (Wildman–Crippen LogP) is 2.06. The third kappa shape index (κ3) is 4.07. The standard InChI is InChI=1S/C13H21N3O/c1-9(2)6-7-15-12-5-4-10(3)8-11(12)13(17)16-14/h4-5,8-9,15H,6-7,14H2,1-3H3,(H,16,17). The van der Waals surface area contributed by atoms with Crippen molar-refractivity contribution in [2.45, 2.75) is 27.2 Å².